The molecule has 0 heterocycles. The zero-order valence-corrected chi connectivity index (χ0v) is 20.4. The summed E-state index contributed by atoms with van der Waals surface area (Å²) in [5.74, 6) is 3.45. The summed E-state index contributed by atoms with van der Waals surface area (Å²) in [6, 6.07) is 13.6. The van der Waals surface area contributed by atoms with Crippen LogP contribution in [0.4, 0.5) is 0 Å². The van der Waals surface area contributed by atoms with Crippen molar-refractivity contribution in [2.24, 2.45) is 4.99 Å². The second kappa shape index (κ2) is 14.6. The van der Waals surface area contributed by atoms with Gasteiger partial charge in [0, 0.05) is 13.1 Å². The molecule has 0 unspecified atom stereocenters. The molecule has 0 spiro atoms. The van der Waals surface area contributed by atoms with E-state index < -0.39 is 0 Å². The van der Waals surface area contributed by atoms with E-state index in [2.05, 4.69) is 15.6 Å². The summed E-state index contributed by atoms with van der Waals surface area (Å²) < 4.78 is 21.9. The molecule has 0 radical (unpaired) electrons. The Bertz CT molecular complexity index is 747. The van der Waals surface area contributed by atoms with E-state index in [1.54, 1.807) is 21.3 Å². The van der Waals surface area contributed by atoms with Crippen molar-refractivity contribution in [2.75, 3.05) is 41.0 Å². The number of rotatable bonds is 11. The largest absolute Gasteiger partial charge is 0.494 e. The molecule has 30 heavy (non-hydrogen) atoms. The third kappa shape index (κ3) is 8.17. The van der Waals surface area contributed by atoms with Crippen molar-refractivity contribution in [3.8, 4) is 23.0 Å². The Morgan fingerprint density at radius 3 is 2.17 bits per heavy atom. The van der Waals surface area contributed by atoms with Crippen LogP contribution in [-0.4, -0.2) is 47.0 Å². The second-order valence-corrected chi connectivity index (χ2v) is 6.17. The second-order valence-electron chi connectivity index (χ2n) is 6.17. The van der Waals surface area contributed by atoms with Crippen LogP contribution in [0.1, 0.15) is 18.9 Å². The zero-order valence-electron chi connectivity index (χ0n) is 18.1. The maximum absolute atomic E-state index is 5.71. The highest BCUT2D eigenvalue weighted by Crippen LogP contribution is 2.38. The molecule has 0 saturated carbocycles. The van der Waals surface area contributed by atoms with E-state index in [1.165, 1.54) is 0 Å². The lowest BCUT2D eigenvalue weighted by Gasteiger charge is -2.14. The fourth-order valence-corrected chi connectivity index (χ4v) is 2.72. The number of methoxy groups -OCH3 is 3. The van der Waals surface area contributed by atoms with E-state index in [0.29, 0.717) is 30.4 Å². The van der Waals surface area contributed by atoms with E-state index in [4.69, 9.17) is 18.9 Å². The summed E-state index contributed by atoms with van der Waals surface area (Å²) >= 11 is 0. The molecule has 8 heteroatoms. The van der Waals surface area contributed by atoms with E-state index in [9.17, 15) is 0 Å². The van der Waals surface area contributed by atoms with Gasteiger partial charge in [-0.3, -0.25) is 0 Å². The third-order valence-corrected chi connectivity index (χ3v) is 4.11. The number of guanidine groups is 1. The van der Waals surface area contributed by atoms with Gasteiger partial charge in [-0.05, 0) is 43.2 Å². The summed E-state index contributed by atoms with van der Waals surface area (Å²) in [5.41, 5.74) is 0.962. The van der Waals surface area contributed by atoms with Gasteiger partial charge in [-0.2, -0.15) is 0 Å². The minimum Gasteiger partial charge on any atom is -0.494 e. The zero-order chi connectivity index (χ0) is 20.9. The van der Waals surface area contributed by atoms with Crippen LogP contribution in [0.5, 0.6) is 23.0 Å². The van der Waals surface area contributed by atoms with Gasteiger partial charge >= 0.3 is 0 Å². The fraction of sp³-hybridized carbons (Fsp3) is 0.409. The molecule has 0 atom stereocenters. The molecule has 0 saturated heterocycles. The van der Waals surface area contributed by atoms with E-state index in [0.717, 1.165) is 36.8 Å². The van der Waals surface area contributed by atoms with Crippen LogP contribution in [0.25, 0.3) is 0 Å². The monoisotopic (exact) mass is 529 g/mol. The quantitative estimate of drug-likeness (QED) is 0.200. The number of aliphatic imine (C=N–C) groups is 1. The van der Waals surface area contributed by atoms with E-state index >= 15 is 0 Å². The Morgan fingerprint density at radius 1 is 0.933 bits per heavy atom. The van der Waals surface area contributed by atoms with Crippen molar-refractivity contribution in [3.63, 3.8) is 0 Å². The molecule has 0 amide bonds. The lowest BCUT2D eigenvalue weighted by atomic mass is 10.2. The summed E-state index contributed by atoms with van der Waals surface area (Å²) in [6.45, 7) is 4.69. The normalized spacial score (nSPS) is 10.6. The summed E-state index contributed by atoms with van der Waals surface area (Å²) in [5, 5.41) is 6.58. The lowest BCUT2D eigenvalue weighted by Crippen LogP contribution is -2.38. The highest BCUT2D eigenvalue weighted by Gasteiger charge is 2.13. The average molecular weight is 529 g/mol. The van der Waals surface area contributed by atoms with Crippen molar-refractivity contribution in [1.82, 2.24) is 10.6 Å². The maximum atomic E-state index is 5.71. The van der Waals surface area contributed by atoms with Gasteiger partial charge in [-0.15, -0.1) is 24.0 Å². The Morgan fingerprint density at radius 2 is 1.60 bits per heavy atom. The van der Waals surface area contributed by atoms with Gasteiger partial charge in [-0.1, -0.05) is 18.2 Å². The SMILES string of the molecule is CCNC(=NCc1cc(OC)c(OC)c(OC)c1)NCCCOc1ccccc1.I. The van der Waals surface area contributed by atoms with Gasteiger partial charge in [-0.25, -0.2) is 4.99 Å². The first-order chi connectivity index (χ1) is 14.2. The number of halogens is 1. The Labute approximate surface area is 196 Å². The van der Waals surface area contributed by atoms with Crippen LogP contribution < -0.4 is 29.6 Å². The minimum atomic E-state index is 0. The van der Waals surface area contributed by atoms with Crippen molar-refractivity contribution < 1.29 is 18.9 Å². The van der Waals surface area contributed by atoms with Gasteiger partial charge in [0.1, 0.15) is 5.75 Å². The number of nitrogens with one attached hydrogen (secondary N) is 2. The van der Waals surface area contributed by atoms with Gasteiger partial charge in [0.05, 0.1) is 34.5 Å². The lowest BCUT2D eigenvalue weighted by molar-refractivity contribution is 0.311. The number of hydrogen-bond donors (Lipinski definition) is 2. The fourth-order valence-electron chi connectivity index (χ4n) is 2.72. The van der Waals surface area contributed by atoms with Crippen molar-refractivity contribution in [1.29, 1.82) is 0 Å². The molecule has 0 aliphatic heterocycles. The van der Waals surface area contributed by atoms with E-state index in [-0.39, 0.29) is 24.0 Å². The van der Waals surface area contributed by atoms with Crippen molar-refractivity contribution in [2.45, 2.75) is 19.9 Å². The first-order valence-corrected chi connectivity index (χ1v) is 9.70. The van der Waals surface area contributed by atoms with Gasteiger partial charge in [0.2, 0.25) is 5.75 Å². The van der Waals surface area contributed by atoms with Crippen LogP contribution in [-0.2, 0) is 6.54 Å². The smallest absolute Gasteiger partial charge is 0.203 e. The van der Waals surface area contributed by atoms with Crippen LogP contribution >= 0.6 is 24.0 Å². The molecule has 0 bridgehead atoms. The van der Waals surface area contributed by atoms with Crippen LogP contribution in [0, 0.1) is 0 Å². The Balaban J connectivity index is 0.00000450. The average Bonchev–Trinajstić information content (AvgIpc) is 2.76. The van der Waals surface area contributed by atoms with Gasteiger partial charge in [0.15, 0.2) is 17.5 Å². The molecule has 2 aromatic carbocycles. The topological polar surface area (TPSA) is 73.3 Å². The van der Waals surface area contributed by atoms with Crippen LogP contribution in [0.15, 0.2) is 47.5 Å². The molecule has 0 aromatic heterocycles. The predicted molar refractivity (Wildman–Crippen MR) is 131 cm³/mol. The van der Waals surface area contributed by atoms with E-state index in [1.807, 2.05) is 49.4 Å². The molecule has 2 rings (SSSR count). The summed E-state index contributed by atoms with van der Waals surface area (Å²) in [7, 11) is 4.80. The highest BCUT2D eigenvalue weighted by molar-refractivity contribution is 14.0. The van der Waals surface area contributed by atoms with Gasteiger partial charge < -0.3 is 29.6 Å². The number of hydrogen-bond acceptors (Lipinski definition) is 5. The summed E-state index contributed by atoms with van der Waals surface area (Å²) in [4.78, 5) is 4.65. The first-order valence-electron chi connectivity index (χ1n) is 9.70. The molecule has 166 valence electrons. The minimum absolute atomic E-state index is 0. The Hall–Kier alpha value is -2.36. The van der Waals surface area contributed by atoms with Crippen LogP contribution in [0.3, 0.4) is 0 Å². The predicted octanol–water partition coefficient (Wildman–Crippen LogP) is 3.85. The van der Waals surface area contributed by atoms with Gasteiger partial charge in [0.25, 0.3) is 0 Å². The molecule has 2 aromatic rings. The molecular formula is C22H32IN3O4. The molecule has 2 N–H and O–H groups in total. The molecule has 0 aliphatic carbocycles. The standard InChI is InChI=1S/C22H31N3O4.HI/c1-5-23-22(24-12-9-13-29-18-10-7-6-8-11-18)25-16-17-14-19(26-2)21(28-4)20(15-17)27-3;/h6-8,10-11,14-15H,5,9,12-13,16H2,1-4H3,(H2,23,24,25);1H. The highest BCUT2D eigenvalue weighted by atomic mass is 127. The molecule has 0 aliphatic rings. The molecule has 0 fully saturated rings. The molecular weight excluding hydrogens is 497 g/mol. The molecule has 7 nitrogen and oxygen atoms in total. The van der Waals surface area contributed by atoms with Crippen molar-refractivity contribution in [3.05, 3.63) is 48.0 Å². The number of nitrogens with zero attached hydrogens (tertiary/aromatic N) is 1. The number of benzene rings is 2. The summed E-state index contributed by atoms with van der Waals surface area (Å²) in [6.07, 6.45) is 0.865. The Kier molecular flexibility index (Phi) is 12.5. The maximum Gasteiger partial charge on any atom is 0.203 e. The third-order valence-electron chi connectivity index (χ3n) is 4.11. The van der Waals surface area contributed by atoms with Crippen LogP contribution in [0.2, 0.25) is 0 Å². The number of para-hydroxylation sites is 1. The number of ether oxygens (including phenoxy) is 4. The first kappa shape index (κ1) is 25.7. The van der Waals surface area contributed by atoms with Crippen molar-refractivity contribution >= 4 is 29.9 Å².